The van der Waals surface area contributed by atoms with Gasteiger partial charge in [0, 0.05) is 0 Å². The predicted molar refractivity (Wildman–Crippen MR) is 157 cm³/mol. The molecule has 0 radical (unpaired) electrons. The van der Waals surface area contributed by atoms with Gasteiger partial charge in [-0.3, -0.25) is 9.36 Å². The topological polar surface area (TPSA) is 126 Å². The number of benzene rings is 2. The van der Waals surface area contributed by atoms with Crippen LogP contribution in [0.5, 0.6) is 0 Å². The van der Waals surface area contributed by atoms with Crippen LogP contribution < -0.4 is 16.6 Å². The number of likely N-dealkylation sites (tertiary alicyclic amines) is 1. The van der Waals surface area contributed by atoms with Crippen LogP contribution in [0.1, 0.15) is 55.1 Å². The molecule has 2 aliphatic rings. The number of nitrogen functional groups attached to an aromatic ring is 1. The van der Waals surface area contributed by atoms with Crippen molar-refractivity contribution in [2.45, 2.75) is 44.6 Å². The first-order valence-corrected chi connectivity index (χ1v) is 14.2. The van der Waals surface area contributed by atoms with Gasteiger partial charge in [-0.25, -0.2) is 4.98 Å². The monoisotopic (exact) mass is 554 g/mol. The van der Waals surface area contributed by atoms with Gasteiger partial charge in [0.05, 0.1) is 22.6 Å². The van der Waals surface area contributed by atoms with Crippen molar-refractivity contribution in [1.82, 2.24) is 24.4 Å². The first kappa shape index (κ1) is 26.2. The largest absolute Gasteiger partial charge is 0.368 e. The van der Waals surface area contributed by atoms with E-state index in [0.717, 1.165) is 56.6 Å². The van der Waals surface area contributed by atoms with Crippen molar-refractivity contribution in [2.75, 3.05) is 30.7 Å². The van der Waals surface area contributed by atoms with E-state index in [1.165, 1.54) is 12.8 Å². The summed E-state index contributed by atoms with van der Waals surface area (Å²) >= 11 is 6.22. The molecule has 6 rings (SSSR count). The fourth-order valence-electron chi connectivity index (χ4n) is 5.68. The lowest BCUT2D eigenvalue weighted by molar-refractivity contribution is 0.334. The second-order valence-electron chi connectivity index (χ2n) is 10.6. The molecule has 3 N–H and O–H groups in total. The molecule has 40 heavy (non-hydrogen) atoms. The summed E-state index contributed by atoms with van der Waals surface area (Å²) < 4.78 is 1.71. The minimum atomic E-state index is -0.395. The lowest BCUT2D eigenvalue weighted by Gasteiger charge is -2.24. The average molecular weight is 555 g/mol. The molecule has 1 saturated carbocycles. The highest BCUT2D eigenvalue weighted by atomic mass is 35.5. The molecule has 3 heterocycles. The molecular weight excluding hydrogens is 524 g/mol. The van der Waals surface area contributed by atoms with Gasteiger partial charge in [0.2, 0.25) is 5.95 Å². The molecule has 1 aliphatic carbocycles. The maximum absolute atomic E-state index is 14.4. The molecule has 1 saturated heterocycles. The van der Waals surface area contributed by atoms with Crippen LogP contribution in [-0.4, -0.2) is 44.1 Å². The van der Waals surface area contributed by atoms with Crippen LogP contribution in [0.2, 0.25) is 5.15 Å². The molecule has 0 amide bonds. The minimum absolute atomic E-state index is 0.0162. The number of fused-ring (bicyclic) bond motifs is 1. The maximum atomic E-state index is 14.4. The zero-order chi connectivity index (χ0) is 27.6. The van der Waals surface area contributed by atoms with Crippen molar-refractivity contribution in [1.29, 1.82) is 5.26 Å². The Hall–Kier alpha value is -4.00. The molecule has 1 atom stereocenters. The van der Waals surface area contributed by atoms with Crippen LogP contribution in [0.3, 0.4) is 0 Å². The normalized spacial score (nSPS) is 16.2. The fourth-order valence-corrected chi connectivity index (χ4v) is 5.90. The molecule has 1 aliphatic heterocycles. The number of nitrogens with zero attached hydrogens (tertiary/aromatic N) is 6. The molecule has 204 valence electrons. The van der Waals surface area contributed by atoms with E-state index in [9.17, 15) is 10.1 Å². The first-order chi connectivity index (χ1) is 19.5. The summed E-state index contributed by atoms with van der Waals surface area (Å²) in [5.74, 6) is 0.968. The number of nitrogens with two attached hydrogens (primary N) is 1. The molecule has 0 spiro atoms. The van der Waals surface area contributed by atoms with Gasteiger partial charge >= 0.3 is 0 Å². The molecule has 10 heteroatoms. The van der Waals surface area contributed by atoms with Crippen molar-refractivity contribution in [3.63, 3.8) is 0 Å². The Morgan fingerprint density at radius 1 is 1.07 bits per heavy atom. The molecular formula is C30H31ClN8O. The molecule has 0 bridgehead atoms. The third-order valence-corrected chi connectivity index (χ3v) is 8.07. The number of anilines is 2. The number of para-hydroxylation sites is 1. The van der Waals surface area contributed by atoms with E-state index >= 15 is 0 Å². The minimum Gasteiger partial charge on any atom is -0.368 e. The highest BCUT2D eigenvalue weighted by Gasteiger charge is 2.37. The zero-order valence-electron chi connectivity index (χ0n) is 22.2. The van der Waals surface area contributed by atoms with Crippen LogP contribution in [0, 0.1) is 17.2 Å². The number of aromatic nitrogens is 4. The van der Waals surface area contributed by atoms with Gasteiger partial charge in [-0.2, -0.15) is 15.2 Å². The number of hydrogen-bond donors (Lipinski definition) is 2. The number of aryl methyl sites for hydroxylation is 1. The van der Waals surface area contributed by atoms with E-state index in [-0.39, 0.29) is 34.0 Å². The Morgan fingerprint density at radius 3 is 2.58 bits per heavy atom. The summed E-state index contributed by atoms with van der Waals surface area (Å²) in [7, 11) is 0. The Bertz CT molecular complexity index is 1640. The lowest BCUT2D eigenvalue weighted by Crippen LogP contribution is -2.30. The van der Waals surface area contributed by atoms with E-state index < -0.39 is 6.04 Å². The van der Waals surface area contributed by atoms with Crippen LogP contribution in [0.4, 0.5) is 11.8 Å². The van der Waals surface area contributed by atoms with Crippen LogP contribution >= 0.6 is 11.6 Å². The van der Waals surface area contributed by atoms with E-state index in [1.807, 2.05) is 48.5 Å². The van der Waals surface area contributed by atoms with Gasteiger partial charge in [-0.15, -0.1) is 0 Å². The fraction of sp³-hybridized carbons (Fsp3) is 0.367. The number of rotatable bonds is 9. The molecule has 9 nitrogen and oxygen atoms in total. The summed E-state index contributed by atoms with van der Waals surface area (Å²) in [5, 5.41) is 13.8. The second-order valence-corrected chi connectivity index (χ2v) is 10.9. The van der Waals surface area contributed by atoms with E-state index in [2.05, 4.69) is 26.3 Å². The number of hydrogen-bond acceptors (Lipinski definition) is 8. The van der Waals surface area contributed by atoms with Crippen LogP contribution in [-0.2, 0) is 6.42 Å². The van der Waals surface area contributed by atoms with Gasteiger partial charge in [0.1, 0.15) is 17.5 Å². The second kappa shape index (κ2) is 11.2. The van der Waals surface area contributed by atoms with Crippen molar-refractivity contribution in [2.24, 2.45) is 5.92 Å². The highest BCUT2D eigenvalue weighted by molar-refractivity contribution is 6.31. The van der Waals surface area contributed by atoms with Gasteiger partial charge in [0.25, 0.3) is 5.56 Å². The maximum Gasteiger partial charge on any atom is 0.266 e. The molecule has 2 aromatic heterocycles. The zero-order valence-corrected chi connectivity index (χ0v) is 22.9. The highest BCUT2D eigenvalue weighted by Crippen LogP contribution is 2.43. The molecule has 2 aromatic carbocycles. The van der Waals surface area contributed by atoms with Gasteiger partial charge in [-0.05, 0) is 87.8 Å². The Labute approximate surface area is 237 Å². The summed E-state index contributed by atoms with van der Waals surface area (Å²) in [6.07, 6.45) is 6.24. The van der Waals surface area contributed by atoms with Crippen molar-refractivity contribution >= 4 is 34.3 Å². The van der Waals surface area contributed by atoms with E-state index in [1.54, 1.807) is 4.57 Å². The standard InChI is InChI=1S/C30H31ClN8O/c31-26-22(18-32)27(37-30(33)36-26)35-25(20-13-14-20)28-34-23-12-6-8-19(9-7-17-38-15-4-5-16-38)24(23)29(40)39(28)21-10-2-1-3-11-21/h1-3,6,8,10-12,20,25H,4-5,7,9,13-17H2,(H3,33,35,36,37). The van der Waals surface area contributed by atoms with Gasteiger partial charge < -0.3 is 16.0 Å². The van der Waals surface area contributed by atoms with E-state index in [0.29, 0.717) is 16.7 Å². The molecule has 2 fully saturated rings. The quantitative estimate of drug-likeness (QED) is 0.280. The van der Waals surface area contributed by atoms with Gasteiger partial charge in [-0.1, -0.05) is 41.9 Å². The summed E-state index contributed by atoms with van der Waals surface area (Å²) in [6, 6.07) is 17.2. The number of nitriles is 1. The summed E-state index contributed by atoms with van der Waals surface area (Å²) in [6.45, 7) is 3.36. The Balaban J connectivity index is 1.47. The predicted octanol–water partition coefficient (Wildman–Crippen LogP) is 4.87. The third-order valence-electron chi connectivity index (χ3n) is 7.80. The van der Waals surface area contributed by atoms with E-state index in [4.69, 9.17) is 22.3 Å². The average Bonchev–Trinajstić information content (AvgIpc) is 3.66. The van der Waals surface area contributed by atoms with Crippen molar-refractivity contribution < 1.29 is 0 Å². The van der Waals surface area contributed by atoms with Crippen LogP contribution in [0.15, 0.2) is 53.3 Å². The summed E-state index contributed by atoms with van der Waals surface area (Å²) in [4.78, 5) is 30.2. The smallest absolute Gasteiger partial charge is 0.266 e. The Morgan fingerprint density at radius 2 is 1.85 bits per heavy atom. The third kappa shape index (κ3) is 5.25. The number of halogens is 1. The SMILES string of the molecule is N#Cc1c(Cl)nc(N)nc1NC(c1nc2cccc(CCCN3CCCC3)c2c(=O)n1-c1ccccc1)C1CC1. The lowest BCUT2D eigenvalue weighted by atomic mass is 10.0. The molecule has 1 unspecified atom stereocenters. The Kier molecular flexibility index (Phi) is 7.37. The summed E-state index contributed by atoms with van der Waals surface area (Å²) in [5.41, 5.74) is 8.30. The van der Waals surface area contributed by atoms with Crippen molar-refractivity contribution in [3.05, 3.63) is 81.0 Å². The number of nitrogens with one attached hydrogen (secondary N) is 1. The molecule has 4 aromatic rings. The van der Waals surface area contributed by atoms with Crippen molar-refractivity contribution in [3.8, 4) is 11.8 Å². The van der Waals surface area contributed by atoms with Crippen LogP contribution in [0.25, 0.3) is 16.6 Å². The van der Waals surface area contributed by atoms with Gasteiger partial charge in [0.15, 0.2) is 11.0 Å². The first-order valence-electron chi connectivity index (χ1n) is 13.9.